The number of benzene rings is 1. The zero-order chi connectivity index (χ0) is 15.0. The summed E-state index contributed by atoms with van der Waals surface area (Å²) in [7, 11) is 3.91. The van der Waals surface area contributed by atoms with Crippen molar-refractivity contribution in [2.75, 3.05) is 14.2 Å². The van der Waals surface area contributed by atoms with E-state index in [9.17, 15) is 5.11 Å². The van der Waals surface area contributed by atoms with Crippen molar-refractivity contribution in [3.63, 3.8) is 0 Å². The molecule has 116 valence electrons. The van der Waals surface area contributed by atoms with Gasteiger partial charge >= 0.3 is 0 Å². The molecule has 3 atom stereocenters. The molecule has 2 fully saturated rings. The van der Waals surface area contributed by atoms with E-state index in [1.54, 1.807) is 7.11 Å². The van der Waals surface area contributed by atoms with Gasteiger partial charge in [0.2, 0.25) is 0 Å². The van der Waals surface area contributed by atoms with Gasteiger partial charge in [-0.1, -0.05) is 6.07 Å². The maximum atomic E-state index is 10.6. The largest absolute Gasteiger partial charge is 0.496 e. The second kappa shape index (κ2) is 6.27. The molecule has 2 saturated heterocycles. The third-order valence-electron chi connectivity index (χ3n) is 5.34. The van der Waals surface area contributed by atoms with Gasteiger partial charge in [0, 0.05) is 12.1 Å². The highest BCUT2D eigenvalue weighted by molar-refractivity contribution is 9.10. The maximum Gasteiger partial charge on any atom is 0.133 e. The van der Waals surface area contributed by atoms with Gasteiger partial charge in [0.25, 0.3) is 0 Å². The summed E-state index contributed by atoms with van der Waals surface area (Å²) in [5, 5.41) is 10.6. The Morgan fingerprint density at radius 1 is 1.33 bits per heavy atom. The summed E-state index contributed by atoms with van der Waals surface area (Å²) in [5.74, 6) is 1.28. The summed E-state index contributed by atoms with van der Waals surface area (Å²) in [6.45, 7) is 0. The average molecular weight is 354 g/mol. The van der Waals surface area contributed by atoms with E-state index in [0.29, 0.717) is 18.0 Å². The molecule has 21 heavy (non-hydrogen) atoms. The Balaban J connectivity index is 1.64. The Bertz CT molecular complexity index is 494. The molecule has 3 nitrogen and oxygen atoms in total. The SMILES string of the molecule is COc1ccc(CC(O)C2CC3CCC(C2)N3C)cc1Br. The lowest BCUT2D eigenvalue weighted by Crippen LogP contribution is -2.43. The normalized spacial score (nSPS) is 30.4. The van der Waals surface area contributed by atoms with E-state index in [4.69, 9.17) is 4.74 Å². The van der Waals surface area contributed by atoms with Crippen LogP contribution in [-0.4, -0.2) is 42.4 Å². The summed E-state index contributed by atoms with van der Waals surface area (Å²) in [6.07, 6.45) is 5.40. The maximum absolute atomic E-state index is 10.6. The number of piperidine rings is 1. The summed E-state index contributed by atoms with van der Waals surface area (Å²) in [6, 6.07) is 7.45. The first-order valence-electron chi connectivity index (χ1n) is 7.81. The Kier molecular flexibility index (Phi) is 4.57. The fraction of sp³-hybridized carbons (Fsp3) is 0.647. The van der Waals surface area contributed by atoms with Gasteiger partial charge in [0.1, 0.15) is 5.75 Å². The fourth-order valence-electron chi connectivity index (χ4n) is 4.01. The van der Waals surface area contributed by atoms with Crippen LogP contribution >= 0.6 is 15.9 Å². The first-order chi connectivity index (χ1) is 10.1. The number of aliphatic hydroxyl groups excluding tert-OH is 1. The molecule has 2 bridgehead atoms. The van der Waals surface area contributed by atoms with E-state index >= 15 is 0 Å². The standard InChI is InChI=1S/C17H24BrNO2/c1-19-13-4-5-14(19)10-12(9-13)16(20)8-11-3-6-17(21-2)15(18)7-11/h3,6-7,12-14,16,20H,4-5,8-10H2,1-2H3. The fourth-order valence-corrected chi connectivity index (χ4v) is 4.60. The van der Waals surface area contributed by atoms with Crippen molar-refractivity contribution in [1.82, 2.24) is 4.90 Å². The highest BCUT2D eigenvalue weighted by Gasteiger charge is 2.40. The number of methoxy groups -OCH3 is 1. The van der Waals surface area contributed by atoms with Gasteiger partial charge in [-0.25, -0.2) is 0 Å². The number of ether oxygens (including phenoxy) is 1. The minimum Gasteiger partial charge on any atom is -0.496 e. The molecule has 2 heterocycles. The van der Waals surface area contributed by atoms with Gasteiger partial charge in [-0.05, 0) is 78.7 Å². The van der Waals surface area contributed by atoms with E-state index in [1.807, 2.05) is 6.07 Å². The predicted octanol–water partition coefficient (Wildman–Crippen LogP) is 3.23. The molecule has 2 aliphatic rings. The molecular formula is C17H24BrNO2. The van der Waals surface area contributed by atoms with Gasteiger partial charge in [-0.15, -0.1) is 0 Å². The van der Waals surface area contributed by atoms with Crippen LogP contribution in [0, 0.1) is 5.92 Å². The van der Waals surface area contributed by atoms with E-state index in [1.165, 1.54) is 18.4 Å². The van der Waals surface area contributed by atoms with Crippen molar-refractivity contribution in [3.8, 4) is 5.75 Å². The molecule has 0 aliphatic carbocycles. The molecular weight excluding hydrogens is 330 g/mol. The minimum absolute atomic E-state index is 0.234. The minimum atomic E-state index is -0.234. The van der Waals surface area contributed by atoms with E-state index < -0.39 is 0 Å². The second-order valence-electron chi connectivity index (χ2n) is 6.52. The molecule has 0 radical (unpaired) electrons. The molecule has 1 aromatic rings. The van der Waals surface area contributed by atoms with Crippen LogP contribution in [0.3, 0.4) is 0 Å². The lowest BCUT2D eigenvalue weighted by Gasteiger charge is -2.38. The lowest BCUT2D eigenvalue weighted by molar-refractivity contribution is 0.0368. The van der Waals surface area contributed by atoms with E-state index in [2.05, 4.69) is 40.0 Å². The highest BCUT2D eigenvalue weighted by atomic mass is 79.9. The van der Waals surface area contributed by atoms with Gasteiger partial charge < -0.3 is 14.7 Å². The Morgan fingerprint density at radius 3 is 2.57 bits per heavy atom. The van der Waals surface area contributed by atoms with Crippen LogP contribution < -0.4 is 4.74 Å². The van der Waals surface area contributed by atoms with E-state index in [0.717, 1.165) is 29.5 Å². The first-order valence-corrected chi connectivity index (χ1v) is 8.60. The topological polar surface area (TPSA) is 32.7 Å². The molecule has 1 aromatic carbocycles. The number of rotatable bonds is 4. The number of aliphatic hydroxyl groups is 1. The summed E-state index contributed by atoms with van der Waals surface area (Å²) in [4.78, 5) is 2.52. The number of nitrogens with zero attached hydrogens (tertiary/aromatic N) is 1. The van der Waals surface area contributed by atoms with Crippen LogP contribution in [0.5, 0.6) is 5.75 Å². The molecule has 0 aromatic heterocycles. The quantitative estimate of drug-likeness (QED) is 0.901. The van der Waals surface area contributed by atoms with Crippen molar-refractivity contribution < 1.29 is 9.84 Å². The molecule has 3 unspecified atom stereocenters. The Hall–Kier alpha value is -0.580. The van der Waals surface area contributed by atoms with Gasteiger partial charge in [-0.2, -0.15) is 0 Å². The third-order valence-corrected chi connectivity index (χ3v) is 5.96. The third kappa shape index (κ3) is 3.13. The van der Waals surface area contributed by atoms with Crippen LogP contribution in [0.15, 0.2) is 22.7 Å². The predicted molar refractivity (Wildman–Crippen MR) is 87.7 cm³/mol. The van der Waals surface area contributed by atoms with Gasteiger partial charge in [-0.3, -0.25) is 0 Å². The van der Waals surface area contributed by atoms with Gasteiger partial charge in [0.05, 0.1) is 17.7 Å². The van der Waals surface area contributed by atoms with Crippen molar-refractivity contribution >= 4 is 15.9 Å². The smallest absolute Gasteiger partial charge is 0.133 e. The first kappa shape index (κ1) is 15.3. The molecule has 0 amide bonds. The summed E-state index contributed by atoms with van der Waals surface area (Å²) >= 11 is 3.52. The van der Waals surface area contributed by atoms with Crippen molar-refractivity contribution in [1.29, 1.82) is 0 Å². The van der Waals surface area contributed by atoms with Gasteiger partial charge in [0.15, 0.2) is 0 Å². The van der Waals surface area contributed by atoms with E-state index in [-0.39, 0.29) is 6.10 Å². The average Bonchev–Trinajstić information content (AvgIpc) is 2.69. The van der Waals surface area contributed by atoms with Crippen LogP contribution in [-0.2, 0) is 6.42 Å². The van der Waals surface area contributed by atoms with Crippen molar-refractivity contribution in [2.45, 2.75) is 50.3 Å². The van der Waals surface area contributed by atoms with Crippen molar-refractivity contribution in [2.24, 2.45) is 5.92 Å². The number of fused-ring (bicyclic) bond motifs is 2. The molecule has 4 heteroatoms. The summed E-state index contributed by atoms with van der Waals surface area (Å²) in [5.41, 5.74) is 1.17. The molecule has 3 rings (SSSR count). The molecule has 0 saturated carbocycles. The van der Waals surface area contributed by atoms with Crippen LogP contribution in [0.2, 0.25) is 0 Å². The Labute approximate surface area is 135 Å². The van der Waals surface area contributed by atoms with Crippen LogP contribution in [0.4, 0.5) is 0 Å². The molecule has 2 aliphatic heterocycles. The number of hydrogen-bond acceptors (Lipinski definition) is 3. The van der Waals surface area contributed by atoms with Crippen molar-refractivity contribution in [3.05, 3.63) is 28.2 Å². The number of halogens is 1. The Morgan fingerprint density at radius 2 is 2.00 bits per heavy atom. The zero-order valence-electron chi connectivity index (χ0n) is 12.8. The summed E-state index contributed by atoms with van der Waals surface area (Å²) < 4.78 is 6.21. The van der Waals surface area contributed by atoms with Crippen LogP contribution in [0.1, 0.15) is 31.2 Å². The molecule has 1 N–H and O–H groups in total. The van der Waals surface area contributed by atoms with Crippen LogP contribution in [0.25, 0.3) is 0 Å². The molecule has 0 spiro atoms. The zero-order valence-corrected chi connectivity index (χ0v) is 14.3. The lowest BCUT2D eigenvalue weighted by atomic mass is 9.84. The number of hydrogen-bond donors (Lipinski definition) is 1. The monoisotopic (exact) mass is 353 g/mol. The highest BCUT2D eigenvalue weighted by Crippen LogP contribution is 2.39. The second-order valence-corrected chi connectivity index (χ2v) is 7.38.